The second-order valence-electron chi connectivity index (χ2n) is 8.42. The molecular weight excluding hydrogens is 280 g/mol. The van der Waals surface area contributed by atoms with E-state index in [1.165, 1.54) is 56.3 Å². The smallest absolute Gasteiger partial charge is 0.0180 e. The van der Waals surface area contributed by atoms with Gasteiger partial charge in [0.25, 0.3) is 0 Å². The Morgan fingerprint density at radius 2 is 1.91 bits per heavy atom. The molecule has 2 fully saturated rings. The van der Waals surface area contributed by atoms with Crippen molar-refractivity contribution in [2.75, 3.05) is 19.6 Å². The molecule has 2 N–H and O–H groups in total. The van der Waals surface area contributed by atoms with Crippen LogP contribution in [-0.4, -0.2) is 30.6 Å². The molecule has 0 aromatic heterocycles. The summed E-state index contributed by atoms with van der Waals surface area (Å²) < 4.78 is 0. The third-order valence-corrected chi connectivity index (χ3v) is 6.52. The summed E-state index contributed by atoms with van der Waals surface area (Å²) >= 11 is 0. The number of benzene rings is 1. The van der Waals surface area contributed by atoms with E-state index in [-0.39, 0.29) is 0 Å². The fourth-order valence-electron chi connectivity index (χ4n) is 4.70. The minimum atomic E-state index is 0.384. The normalized spacial score (nSPS) is 26.3. The lowest BCUT2D eigenvalue weighted by Crippen LogP contribution is -2.38. The lowest BCUT2D eigenvalue weighted by molar-refractivity contribution is 0.135. The molecule has 1 aliphatic carbocycles. The van der Waals surface area contributed by atoms with Gasteiger partial charge in [0.1, 0.15) is 0 Å². The van der Waals surface area contributed by atoms with Crippen molar-refractivity contribution in [2.24, 2.45) is 11.1 Å². The van der Waals surface area contributed by atoms with Gasteiger partial charge in [0.2, 0.25) is 0 Å². The third kappa shape index (κ3) is 3.80. The zero-order chi connectivity index (χ0) is 16.4. The van der Waals surface area contributed by atoms with E-state index in [0.29, 0.717) is 17.4 Å². The van der Waals surface area contributed by atoms with Gasteiger partial charge < -0.3 is 10.6 Å². The second kappa shape index (κ2) is 6.94. The molecule has 1 saturated carbocycles. The van der Waals surface area contributed by atoms with Gasteiger partial charge in [-0.3, -0.25) is 0 Å². The van der Waals surface area contributed by atoms with Crippen LogP contribution in [0.4, 0.5) is 0 Å². The number of nitrogens with two attached hydrogens (primary N) is 1. The topological polar surface area (TPSA) is 29.3 Å². The largest absolute Gasteiger partial charge is 0.326 e. The highest BCUT2D eigenvalue weighted by Crippen LogP contribution is 2.47. The second-order valence-corrected chi connectivity index (χ2v) is 8.42. The van der Waals surface area contributed by atoms with Gasteiger partial charge in [-0.05, 0) is 61.8 Å². The Morgan fingerprint density at radius 3 is 2.52 bits per heavy atom. The van der Waals surface area contributed by atoms with Gasteiger partial charge in [-0.2, -0.15) is 0 Å². The molecule has 1 heterocycles. The van der Waals surface area contributed by atoms with E-state index >= 15 is 0 Å². The molecule has 128 valence electrons. The van der Waals surface area contributed by atoms with Crippen molar-refractivity contribution >= 4 is 0 Å². The van der Waals surface area contributed by atoms with Crippen LogP contribution >= 0.6 is 0 Å². The lowest BCUT2D eigenvalue weighted by atomic mass is 9.64. The van der Waals surface area contributed by atoms with Crippen molar-refractivity contribution in [2.45, 2.75) is 71.3 Å². The van der Waals surface area contributed by atoms with Crippen LogP contribution in [0.5, 0.6) is 0 Å². The summed E-state index contributed by atoms with van der Waals surface area (Å²) in [4.78, 5) is 2.62. The van der Waals surface area contributed by atoms with Crippen molar-refractivity contribution in [1.82, 2.24) is 4.90 Å². The minimum absolute atomic E-state index is 0.384. The summed E-state index contributed by atoms with van der Waals surface area (Å²) in [6.45, 7) is 10.5. The highest BCUT2D eigenvalue weighted by molar-refractivity contribution is 5.33. The van der Waals surface area contributed by atoms with Crippen molar-refractivity contribution in [3.05, 3.63) is 34.9 Å². The fourth-order valence-corrected chi connectivity index (χ4v) is 4.70. The molecule has 1 saturated heterocycles. The lowest BCUT2D eigenvalue weighted by Gasteiger charge is -2.43. The van der Waals surface area contributed by atoms with Gasteiger partial charge in [0, 0.05) is 25.0 Å². The van der Waals surface area contributed by atoms with Crippen LogP contribution in [0.2, 0.25) is 0 Å². The number of aryl methyl sites for hydroxylation is 2. The highest BCUT2D eigenvalue weighted by Gasteiger charge is 2.38. The Bertz CT molecular complexity index is 531. The van der Waals surface area contributed by atoms with Gasteiger partial charge in [0.05, 0.1) is 0 Å². The van der Waals surface area contributed by atoms with E-state index in [0.717, 1.165) is 13.0 Å². The predicted molar refractivity (Wildman–Crippen MR) is 98.9 cm³/mol. The predicted octanol–water partition coefficient (Wildman–Crippen LogP) is 4.39. The van der Waals surface area contributed by atoms with Gasteiger partial charge in [-0.25, -0.2) is 0 Å². The molecule has 1 aromatic carbocycles. The maximum absolute atomic E-state index is 6.15. The van der Waals surface area contributed by atoms with Crippen molar-refractivity contribution < 1.29 is 0 Å². The first kappa shape index (κ1) is 17.0. The van der Waals surface area contributed by atoms with E-state index in [4.69, 9.17) is 5.73 Å². The van der Waals surface area contributed by atoms with Crippen molar-refractivity contribution in [3.8, 4) is 0 Å². The molecule has 1 aromatic rings. The van der Waals surface area contributed by atoms with E-state index in [1.54, 1.807) is 5.56 Å². The van der Waals surface area contributed by atoms with Crippen LogP contribution in [0.15, 0.2) is 18.2 Å². The average molecular weight is 315 g/mol. The van der Waals surface area contributed by atoms with Gasteiger partial charge in [0.15, 0.2) is 0 Å². The molecule has 1 aliphatic heterocycles. The maximum Gasteiger partial charge on any atom is 0.0180 e. The average Bonchev–Trinajstić information content (AvgIpc) is 2.94. The summed E-state index contributed by atoms with van der Waals surface area (Å²) in [6.07, 6.45) is 8.14. The Kier molecular flexibility index (Phi) is 5.13. The van der Waals surface area contributed by atoms with Crippen LogP contribution in [0.1, 0.15) is 68.1 Å². The molecule has 0 bridgehead atoms. The van der Waals surface area contributed by atoms with E-state index in [1.807, 2.05) is 0 Å². The first-order valence-electron chi connectivity index (χ1n) is 9.53. The van der Waals surface area contributed by atoms with E-state index in [2.05, 4.69) is 43.9 Å². The van der Waals surface area contributed by atoms with Crippen molar-refractivity contribution in [1.29, 1.82) is 0 Å². The SMILES string of the molecule is Cc1ccc(C(CN2CCC(N)C2)C2(C)CCCCC2)cc1C. The maximum atomic E-state index is 6.15. The van der Waals surface area contributed by atoms with Crippen LogP contribution in [-0.2, 0) is 0 Å². The first-order valence-corrected chi connectivity index (χ1v) is 9.53. The molecule has 2 nitrogen and oxygen atoms in total. The molecule has 0 amide bonds. The molecular formula is C21H34N2. The molecule has 2 atom stereocenters. The van der Waals surface area contributed by atoms with Gasteiger partial charge >= 0.3 is 0 Å². The number of nitrogens with zero attached hydrogens (tertiary/aromatic N) is 1. The molecule has 23 heavy (non-hydrogen) atoms. The van der Waals surface area contributed by atoms with Crippen LogP contribution in [0.25, 0.3) is 0 Å². The van der Waals surface area contributed by atoms with Gasteiger partial charge in [-0.1, -0.05) is 44.4 Å². The molecule has 2 aliphatic rings. The zero-order valence-electron chi connectivity index (χ0n) is 15.3. The first-order chi connectivity index (χ1) is 11.0. The molecule has 0 radical (unpaired) electrons. The van der Waals surface area contributed by atoms with E-state index < -0.39 is 0 Å². The third-order valence-electron chi connectivity index (χ3n) is 6.52. The fraction of sp³-hybridized carbons (Fsp3) is 0.714. The summed E-state index contributed by atoms with van der Waals surface area (Å²) in [5.74, 6) is 0.646. The summed E-state index contributed by atoms with van der Waals surface area (Å²) in [7, 11) is 0. The Balaban J connectivity index is 1.87. The Morgan fingerprint density at radius 1 is 1.17 bits per heavy atom. The van der Waals surface area contributed by atoms with E-state index in [9.17, 15) is 0 Å². The monoisotopic (exact) mass is 314 g/mol. The highest BCUT2D eigenvalue weighted by atomic mass is 15.2. The van der Waals surface area contributed by atoms with Crippen LogP contribution < -0.4 is 5.73 Å². The number of hydrogen-bond acceptors (Lipinski definition) is 2. The number of rotatable bonds is 4. The summed E-state index contributed by atoms with van der Waals surface area (Å²) in [5.41, 5.74) is 11.0. The Hall–Kier alpha value is -0.860. The number of hydrogen-bond donors (Lipinski definition) is 1. The Labute approximate surface area is 142 Å². The van der Waals surface area contributed by atoms with Crippen molar-refractivity contribution in [3.63, 3.8) is 0 Å². The van der Waals surface area contributed by atoms with Gasteiger partial charge in [-0.15, -0.1) is 0 Å². The summed E-state index contributed by atoms with van der Waals surface area (Å²) in [6, 6.07) is 7.55. The quantitative estimate of drug-likeness (QED) is 0.893. The van der Waals surface area contributed by atoms with Crippen LogP contribution in [0, 0.1) is 19.3 Å². The molecule has 2 heteroatoms. The molecule has 2 unspecified atom stereocenters. The number of likely N-dealkylation sites (tertiary alicyclic amines) is 1. The minimum Gasteiger partial charge on any atom is -0.326 e. The zero-order valence-corrected chi connectivity index (χ0v) is 15.3. The van der Waals surface area contributed by atoms with Crippen LogP contribution in [0.3, 0.4) is 0 Å². The molecule has 3 rings (SSSR count). The standard InChI is InChI=1S/C21H34N2/c1-16-7-8-18(13-17(16)2)20(15-23-12-9-19(22)14-23)21(3)10-5-4-6-11-21/h7-8,13,19-20H,4-6,9-12,14-15,22H2,1-3H3. The summed E-state index contributed by atoms with van der Waals surface area (Å²) in [5, 5.41) is 0. The molecule has 0 spiro atoms.